The van der Waals surface area contributed by atoms with Crippen LogP contribution in [0.3, 0.4) is 0 Å². The number of hydrogen-bond donors (Lipinski definition) is 1. The van der Waals surface area contributed by atoms with Crippen LogP contribution < -0.4 is 5.73 Å². The number of rotatable bonds is 5. The Kier molecular flexibility index (Phi) is 5.40. The molecule has 0 amide bonds. The van der Waals surface area contributed by atoms with Crippen LogP contribution in [-0.4, -0.2) is 19.8 Å². The molecule has 0 heterocycles. The Bertz CT molecular complexity index is 297. The molecule has 4 heteroatoms. The van der Waals surface area contributed by atoms with Crippen molar-refractivity contribution in [2.75, 3.05) is 13.7 Å². The van der Waals surface area contributed by atoms with Gasteiger partial charge in [-0.1, -0.05) is 29.3 Å². The highest BCUT2D eigenvalue weighted by Gasteiger charge is 2.08. The molecule has 0 aromatic heterocycles. The van der Waals surface area contributed by atoms with E-state index in [1.807, 2.05) is 18.2 Å². The molecule has 15 heavy (non-hydrogen) atoms. The Balaban J connectivity index is 2.57. The van der Waals surface area contributed by atoms with Gasteiger partial charge in [0.25, 0.3) is 0 Å². The molecule has 1 aromatic carbocycles. The van der Waals surface area contributed by atoms with Gasteiger partial charge < -0.3 is 10.5 Å². The fourth-order valence-electron chi connectivity index (χ4n) is 1.40. The zero-order valence-corrected chi connectivity index (χ0v) is 10.2. The van der Waals surface area contributed by atoms with E-state index in [-0.39, 0.29) is 6.04 Å². The Morgan fingerprint density at radius 1 is 1.33 bits per heavy atom. The molecular formula is C11H15Cl2NO. The third-order valence-electron chi connectivity index (χ3n) is 2.21. The highest BCUT2D eigenvalue weighted by atomic mass is 35.5. The van der Waals surface area contributed by atoms with Crippen molar-refractivity contribution >= 4 is 23.2 Å². The van der Waals surface area contributed by atoms with Crippen LogP contribution in [0.2, 0.25) is 10.0 Å². The Morgan fingerprint density at radius 3 is 2.47 bits per heavy atom. The summed E-state index contributed by atoms with van der Waals surface area (Å²) in [7, 11) is 1.64. The Morgan fingerprint density at radius 2 is 1.93 bits per heavy atom. The lowest BCUT2D eigenvalue weighted by molar-refractivity contribution is 0.177. The molecule has 0 saturated heterocycles. The summed E-state index contributed by atoms with van der Waals surface area (Å²) in [5.41, 5.74) is 6.79. The highest BCUT2D eigenvalue weighted by Crippen LogP contribution is 2.25. The van der Waals surface area contributed by atoms with E-state index >= 15 is 0 Å². The van der Waals surface area contributed by atoms with Gasteiger partial charge in [-0.25, -0.2) is 0 Å². The molecule has 0 fully saturated rings. The zero-order valence-electron chi connectivity index (χ0n) is 8.67. The maximum atomic E-state index is 6.03. The maximum Gasteiger partial charge on any atom is 0.0613 e. The van der Waals surface area contributed by atoms with Crippen LogP contribution in [0.5, 0.6) is 0 Å². The number of nitrogens with two attached hydrogens (primary N) is 1. The van der Waals surface area contributed by atoms with E-state index in [9.17, 15) is 0 Å². The molecule has 2 nitrogen and oxygen atoms in total. The van der Waals surface area contributed by atoms with Crippen LogP contribution in [0.1, 0.15) is 12.0 Å². The third-order valence-corrected chi connectivity index (χ3v) is 2.92. The molecule has 0 aliphatic heterocycles. The van der Waals surface area contributed by atoms with Crippen LogP contribution in [0.15, 0.2) is 18.2 Å². The minimum atomic E-state index is 0.0299. The van der Waals surface area contributed by atoms with Crippen molar-refractivity contribution in [1.82, 2.24) is 0 Å². The first-order valence-electron chi connectivity index (χ1n) is 4.82. The van der Waals surface area contributed by atoms with E-state index in [0.717, 1.165) is 18.4 Å². The number of halogens is 2. The van der Waals surface area contributed by atoms with Gasteiger partial charge in [0.05, 0.1) is 6.61 Å². The van der Waals surface area contributed by atoms with Crippen LogP contribution in [0, 0.1) is 0 Å². The minimum absolute atomic E-state index is 0.0299. The molecule has 0 radical (unpaired) electrons. The molecule has 0 saturated carbocycles. The molecule has 2 N–H and O–H groups in total. The third kappa shape index (κ3) is 3.99. The standard InChI is InChI=1S/C11H15Cl2NO/c1-15-7-8(14)5-6-9-10(12)3-2-4-11(9)13/h2-4,8H,5-7,14H2,1H3. The van der Waals surface area contributed by atoms with Gasteiger partial charge in [0.15, 0.2) is 0 Å². The van der Waals surface area contributed by atoms with Crippen molar-refractivity contribution in [3.05, 3.63) is 33.8 Å². The Hall–Kier alpha value is -0.280. The monoisotopic (exact) mass is 247 g/mol. The van der Waals surface area contributed by atoms with Crippen molar-refractivity contribution in [2.24, 2.45) is 5.73 Å². The molecule has 0 bridgehead atoms. The molecule has 0 aliphatic carbocycles. The lowest BCUT2D eigenvalue weighted by atomic mass is 10.1. The summed E-state index contributed by atoms with van der Waals surface area (Å²) in [4.78, 5) is 0. The average Bonchev–Trinajstić information content (AvgIpc) is 2.17. The minimum Gasteiger partial charge on any atom is -0.383 e. The van der Waals surface area contributed by atoms with Crippen LogP contribution in [0.25, 0.3) is 0 Å². The summed E-state index contributed by atoms with van der Waals surface area (Å²) in [6, 6.07) is 5.54. The Labute approximate surface area is 100 Å². The summed E-state index contributed by atoms with van der Waals surface area (Å²) >= 11 is 12.1. The highest BCUT2D eigenvalue weighted by molar-refractivity contribution is 6.35. The van der Waals surface area contributed by atoms with Gasteiger partial charge in [-0.15, -0.1) is 0 Å². The lowest BCUT2D eigenvalue weighted by Crippen LogP contribution is -2.26. The molecule has 84 valence electrons. The number of ether oxygens (including phenoxy) is 1. The predicted octanol–water partition coefficient (Wildman–Crippen LogP) is 2.90. The van der Waals surface area contributed by atoms with Crippen LogP contribution in [-0.2, 0) is 11.2 Å². The maximum absolute atomic E-state index is 6.03. The van der Waals surface area contributed by atoms with E-state index in [0.29, 0.717) is 16.7 Å². The fourth-order valence-corrected chi connectivity index (χ4v) is 1.98. The van der Waals surface area contributed by atoms with E-state index in [1.165, 1.54) is 0 Å². The van der Waals surface area contributed by atoms with Crippen molar-refractivity contribution in [2.45, 2.75) is 18.9 Å². The van der Waals surface area contributed by atoms with Crippen molar-refractivity contribution < 1.29 is 4.74 Å². The van der Waals surface area contributed by atoms with Gasteiger partial charge in [0.1, 0.15) is 0 Å². The van der Waals surface area contributed by atoms with Crippen molar-refractivity contribution in [3.63, 3.8) is 0 Å². The molecule has 1 atom stereocenters. The average molecular weight is 248 g/mol. The molecule has 1 rings (SSSR count). The van der Waals surface area contributed by atoms with Crippen molar-refractivity contribution in [3.8, 4) is 0 Å². The predicted molar refractivity (Wildman–Crippen MR) is 64.6 cm³/mol. The van der Waals surface area contributed by atoms with Gasteiger partial charge in [0.2, 0.25) is 0 Å². The van der Waals surface area contributed by atoms with E-state index in [4.69, 9.17) is 33.7 Å². The summed E-state index contributed by atoms with van der Waals surface area (Å²) in [5, 5.41) is 1.40. The van der Waals surface area contributed by atoms with Gasteiger partial charge in [-0.2, -0.15) is 0 Å². The first kappa shape index (κ1) is 12.8. The molecule has 1 aromatic rings. The molecular weight excluding hydrogens is 233 g/mol. The van der Waals surface area contributed by atoms with Gasteiger partial charge in [0, 0.05) is 23.2 Å². The first-order chi connectivity index (χ1) is 7.15. The number of hydrogen-bond acceptors (Lipinski definition) is 2. The fraction of sp³-hybridized carbons (Fsp3) is 0.455. The SMILES string of the molecule is COCC(N)CCc1c(Cl)cccc1Cl. The second-order valence-corrected chi connectivity index (χ2v) is 4.27. The first-order valence-corrected chi connectivity index (χ1v) is 5.58. The van der Waals surface area contributed by atoms with Crippen LogP contribution >= 0.6 is 23.2 Å². The van der Waals surface area contributed by atoms with Gasteiger partial charge >= 0.3 is 0 Å². The largest absolute Gasteiger partial charge is 0.383 e. The molecule has 0 spiro atoms. The normalized spacial score (nSPS) is 12.8. The topological polar surface area (TPSA) is 35.2 Å². The van der Waals surface area contributed by atoms with Crippen molar-refractivity contribution in [1.29, 1.82) is 0 Å². The quantitative estimate of drug-likeness (QED) is 0.869. The molecule has 0 aliphatic rings. The second kappa shape index (κ2) is 6.33. The summed E-state index contributed by atoms with van der Waals surface area (Å²) in [6.07, 6.45) is 1.60. The number of benzene rings is 1. The smallest absolute Gasteiger partial charge is 0.0613 e. The summed E-state index contributed by atoms with van der Waals surface area (Å²) in [5.74, 6) is 0. The van der Waals surface area contributed by atoms with E-state index in [2.05, 4.69) is 0 Å². The molecule has 1 unspecified atom stereocenters. The van der Waals surface area contributed by atoms with Crippen LogP contribution in [0.4, 0.5) is 0 Å². The van der Waals surface area contributed by atoms with E-state index in [1.54, 1.807) is 7.11 Å². The zero-order chi connectivity index (χ0) is 11.3. The number of methoxy groups -OCH3 is 1. The van der Waals surface area contributed by atoms with E-state index < -0.39 is 0 Å². The summed E-state index contributed by atoms with van der Waals surface area (Å²) < 4.78 is 4.96. The summed E-state index contributed by atoms with van der Waals surface area (Å²) in [6.45, 7) is 0.558. The lowest BCUT2D eigenvalue weighted by Gasteiger charge is -2.11. The van der Waals surface area contributed by atoms with Gasteiger partial charge in [-0.3, -0.25) is 0 Å². The van der Waals surface area contributed by atoms with Gasteiger partial charge in [-0.05, 0) is 30.5 Å². The second-order valence-electron chi connectivity index (χ2n) is 3.45.